The average molecular weight is 286 g/mol. The molecule has 0 N–H and O–H groups in total. The Balaban J connectivity index is 2.14. The predicted molar refractivity (Wildman–Crippen MR) is 79.4 cm³/mol. The quantitative estimate of drug-likeness (QED) is 0.596. The van der Waals surface area contributed by atoms with Crippen molar-refractivity contribution in [3.8, 4) is 5.75 Å². The highest BCUT2D eigenvalue weighted by Gasteiger charge is 2.17. The second-order valence-corrected chi connectivity index (χ2v) is 4.55. The zero-order valence-electron chi connectivity index (χ0n) is 12.2. The summed E-state index contributed by atoms with van der Waals surface area (Å²) in [5, 5.41) is 0. The average Bonchev–Trinajstić information content (AvgIpc) is 2.98. The fourth-order valence-electron chi connectivity index (χ4n) is 1.97. The van der Waals surface area contributed by atoms with Crippen molar-refractivity contribution in [2.75, 3.05) is 7.11 Å². The molecular weight excluding hydrogens is 268 g/mol. The first kappa shape index (κ1) is 14.9. The van der Waals surface area contributed by atoms with Crippen molar-refractivity contribution >= 4 is 5.97 Å². The van der Waals surface area contributed by atoms with Gasteiger partial charge in [0.25, 0.3) is 0 Å². The van der Waals surface area contributed by atoms with Crippen molar-refractivity contribution in [2.24, 2.45) is 0 Å². The van der Waals surface area contributed by atoms with Gasteiger partial charge in [-0.3, -0.25) is 0 Å². The van der Waals surface area contributed by atoms with Crippen LogP contribution in [0.4, 0.5) is 0 Å². The van der Waals surface area contributed by atoms with Crippen LogP contribution in [-0.2, 0) is 11.2 Å². The van der Waals surface area contributed by atoms with Gasteiger partial charge in [-0.15, -0.1) is 6.58 Å². The monoisotopic (exact) mass is 286 g/mol. The molecule has 1 aromatic carbocycles. The Labute approximate surface area is 124 Å². The Morgan fingerprint density at radius 3 is 2.81 bits per heavy atom. The Morgan fingerprint density at radius 2 is 2.10 bits per heavy atom. The first-order valence-electron chi connectivity index (χ1n) is 6.69. The molecule has 1 atom stereocenters. The standard InChI is InChI=1S/C17H18O4/c1-4-7-13-8-5-6-9-15(13)20-12(2)14-10-11-16(21-14)17(18)19-3/h4-6,8-12H,1,7H2,2-3H3. The van der Waals surface area contributed by atoms with Crippen molar-refractivity contribution in [2.45, 2.75) is 19.4 Å². The van der Waals surface area contributed by atoms with Crippen LogP contribution < -0.4 is 4.74 Å². The maximum atomic E-state index is 11.4. The molecule has 21 heavy (non-hydrogen) atoms. The van der Waals surface area contributed by atoms with Crippen molar-refractivity contribution in [3.05, 3.63) is 66.1 Å². The second-order valence-electron chi connectivity index (χ2n) is 4.55. The lowest BCUT2D eigenvalue weighted by atomic mass is 10.1. The van der Waals surface area contributed by atoms with Crippen molar-refractivity contribution in [3.63, 3.8) is 0 Å². The molecule has 0 spiro atoms. The lowest BCUT2D eigenvalue weighted by molar-refractivity contribution is 0.0558. The number of hydrogen-bond acceptors (Lipinski definition) is 4. The van der Waals surface area contributed by atoms with E-state index in [-0.39, 0.29) is 11.9 Å². The summed E-state index contributed by atoms with van der Waals surface area (Å²) < 4.78 is 16.0. The molecule has 0 saturated heterocycles. The van der Waals surface area contributed by atoms with Gasteiger partial charge in [-0.25, -0.2) is 4.79 Å². The van der Waals surface area contributed by atoms with E-state index in [2.05, 4.69) is 11.3 Å². The van der Waals surface area contributed by atoms with Crippen molar-refractivity contribution < 1.29 is 18.7 Å². The summed E-state index contributed by atoms with van der Waals surface area (Å²) in [6.45, 7) is 5.61. The van der Waals surface area contributed by atoms with Crippen LogP contribution in [0.25, 0.3) is 0 Å². The molecule has 2 rings (SSSR count). The third kappa shape index (κ3) is 3.54. The highest BCUT2D eigenvalue weighted by molar-refractivity contribution is 5.86. The zero-order valence-corrected chi connectivity index (χ0v) is 12.2. The van der Waals surface area contributed by atoms with Gasteiger partial charge in [-0.1, -0.05) is 24.3 Å². The van der Waals surface area contributed by atoms with Crippen molar-refractivity contribution in [1.82, 2.24) is 0 Å². The van der Waals surface area contributed by atoms with E-state index in [4.69, 9.17) is 9.15 Å². The van der Waals surface area contributed by atoms with Gasteiger partial charge in [0.05, 0.1) is 7.11 Å². The molecule has 0 amide bonds. The predicted octanol–water partition coefficient (Wildman–Crippen LogP) is 3.93. The topological polar surface area (TPSA) is 48.7 Å². The van der Waals surface area contributed by atoms with Gasteiger partial charge in [0.2, 0.25) is 5.76 Å². The highest BCUT2D eigenvalue weighted by Crippen LogP contribution is 2.26. The summed E-state index contributed by atoms with van der Waals surface area (Å²) >= 11 is 0. The molecule has 0 aliphatic heterocycles. The summed E-state index contributed by atoms with van der Waals surface area (Å²) in [6.07, 6.45) is 2.25. The fourth-order valence-corrected chi connectivity index (χ4v) is 1.97. The Hall–Kier alpha value is -2.49. The normalized spacial score (nSPS) is 11.7. The SMILES string of the molecule is C=CCc1ccccc1OC(C)c1ccc(C(=O)OC)o1. The van der Waals surface area contributed by atoms with E-state index in [0.717, 1.165) is 17.7 Å². The summed E-state index contributed by atoms with van der Waals surface area (Å²) in [7, 11) is 1.32. The molecular formula is C17H18O4. The van der Waals surface area contributed by atoms with Crippen LogP contribution in [0.2, 0.25) is 0 Å². The van der Waals surface area contributed by atoms with E-state index >= 15 is 0 Å². The van der Waals surface area contributed by atoms with E-state index in [1.165, 1.54) is 7.11 Å². The number of furan rings is 1. The molecule has 4 heteroatoms. The van der Waals surface area contributed by atoms with E-state index in [0.29, 0.717) is 5.76 Å². The van der Waals surface area contributed by atoms with Crippen LogP contribution >= 0.6 is 0 Å². The van der Waals surface area contributed by atoms with Crippen LogP contribution in [0.5, 0.6) is 5.75 Å². The van der Waals surface area contributed by atoms with Gasteiger partial charge >= 0.3 is 5.97 Å². The van der Waals surface area contributed by atoms with Gasteiger partial charge in [-0.05, 0) is 37.1 Å². The third-order valence-electron chi connectivity index (χ3n) is 3.05. The summed E-state index contributed by atoms with van der Waals surface area (Å²) in [5.74, 6) is 1.02. The molecule has 0 bridgehead atoms. The minimum atomic E-state index is -0.500. The number of rotatable bonds is 6. The minimum Gasteiger partial charge on any atom is -0.482 e. The molecule has 0 aliphatic carbocycles. The largest absolute Gasteiger partial charge is 0.482 e. The number of carbonyl (C=O) groups excluding carboxylic acids is 1. The van der Waals surface area contributed by atoms with E-state index in [9.17, 15) is 4.79 Å². The van der Waals surface area contributed by atoms with Crippen LogP contribution in [0.3, 0.4) is 0 Å². The molecule has 0 radical (unpaired) electrons. The number of ether oxygens (including phenoxy) is 2. The van der Waals surface area contributed by atoms with Gasteiger partial charge in [0.15, 0.2) is 6.10 Å². The molecule has 0 aliphatic rings. The van der Waals surface area contributed by atoms with Crippen LogP contribution in [0.1, 0.15) is 34.9 Å². The van der Waals surface area contributed by atoms with E-state index < -0.39 is 5.97 Å². The molecule has 4 nitrogen and oxygen atoms in total. The van der Waals surface area contributed by atoms with Crippen LogP contribution in [0.15, 0.2) is 53.5 Å². The molecule has 1 unspecified atom stereocenters. The highest BCUT2D eigenvalue weighted by atomic mass is 16.5. The Bertz CT molecular complexity index is 627. The first-order valence-corrected chi connectivity index (χ1v) is 6.69. The number of esters is 1. The van der Waals surface area contributed by atoms with Gasteiger partial charge < -0.3 is 13.9 Å². The summed E-state index contributed by atoms with van der Waals surface area (Å²) in [5.41, 5.74) is 1.05. The minimum absolute atomic E-state index is 0.169. The maximum absolute atomic E-state index is 11.4. The zero-order chi connectivity index (χ0) is 15.2. The number of carbonyl (C=O) groups is 1. The lowest BCUT2D eigenvalue weighted by Gasteiger charge is -2.15. The van der Waals surface area contributed by atoms with Crippen molar-refractivity contribution in [1.29, 1.82) is 0 Å². The molecule has 2 aromatic rings. The molecule has 110 valence electrons. The van der Waals surface area contributed by atoms with Gasteiger partial charge in [-0.2, -0.15) is 0 Å². The Kier molecular flexibility index (Phi) is 4.82. The lowest BCUT2D eigenvalue weighted by Crippen LogP contribution is -2.04. The maximum Gasteiger partial charge on any atom is 0.373 e. The molecule has 0 saturated carbocycles. The number of allylic oxidation sites excluding steroid dienone is 1. The number of para-hydroxylation sites is 1. The number of methoxy groups -OCH3 is 1. The summed E-state index contributed by atoms with van der Waals surface area (Å²) in [4.78, 5) is 11.4. The first-order chi connectivity index (χ1) is 10.2. The smallest absolute Gasteiger partial charge is 0.373 e. The molecule has 0 fully saturated rings. The molecule has 1 aromatic heterocycles. The Morgan fingerprint density at radius 1 is 1.33 bits per heavy atom. The van der Waals surface area contributed by atoms with E-state index in [1.807, 2.05) is 37.3 Å². The van der Waals surface area contributed by atoms with Gasteiger partial charge in [0, 0.05) is 0 Å². The van der Waals surface area contributed by atoms with Gasteiger partial charge in [0.1, 0.15) is 11.5 Å². The number of hydrogen-bond donors (Lipinski definition) is 0. The third-order valence-corrected chi connectivity index (χ3v) is 3.05. The van der Waals surface area contributed by atoms with Crippen LogP contribution in [0, 0.1) is 0 Å². The second kappa shape index (κ2) is 6.79. The summed E-state index contributed by atoms with van der Waals surface area (Å²) in [6, 6.07) is 11.1. The fraction of sp³-hybridized carbons (Fsp3) is 0.235. The van der Waals surface area contributed by atoms with E-state index in [1.54, 1.807) is 12.1 Å². The number of benzene rings is 1. The van der Waals surface area contributed by atoms with Crippen LogP contribution in [-0.4, -0.2) is 13.1 Å². The molecule has 1 heterocycles.